The number of carbonyl (C=O) groups is 1. The van der Waals surface area contributed by atoms with E-state index < -0.39 is 5.97 Å². The monoisotopic (exact) mass is 259 g/mol. The third-order valence-electron chi connectivity index (χ3n) is 2.92. The van der Waals surface area contributed by atoms with Crippen molar-refractivity contribution in [2.75, 3.05) is 0 Å². The summed E-state index contributed by atoms with van der Waals surface area (Å²) in [6, 6.07) is 6.57. The average Bonchev–Trinajstić information content (AvgIpc) is 2.96. The number of rotatable bonds is 2. The molecule has 1 aromatic carbocycles. The maximum Gasteiger partial charge on any atom is 0.374 e. The number of hydrogen-bond donors (Lipinski definition) is 2. The lowest BCUT2D eigenvalue weighted by atomic mass is 10.1. The first kappa shape index (κ1) is 11.3. The highest BCUT2D eigenvalue weighted by atomic mass is 16.5. The zero-order chi connectivity index (χ0) is 13.6. The minimum Gasteiger partial charge on any atom is -0.475 e. The number of hydrogen-bond acceptors (Lipinski definition) is 4. The minimum atomic E-state index is -1.17. The van der Waals surface area contributed by atoms with Gasteiger partial charge in [0, 0.05) is 18.7 Å². The van der Waals surface area contributed by atoms with E-state index in [0.29, 0.717) is 16.8 Å². The zero-order valence-corrected chi connectivity index (χ0v) is 9.88. The van der Waals surface area contributed by atoms with Crippen LogP contribution in [0.15, 0.2) is 33.6 Å². The van der Waals surface area contributed by atoms with Gasteiger partial charge in [0.05, 0.1) is 11.0 Å². The van der Waals surface area contributed by atoms with Crippen molar-refractivity contribution in [1.82, 2.24) is 14.7 Å². The molecule has 0 atom stereocenters. The summed E-state index contributed by atoms with van der Waals surface area (Å²) in [5.41, 5.74) is 2.29. The number of aromatic amines is 1. The Morgan fingerprint density at radius 3 is 2.89 bits per heavy atom. The molecule has 2 heterocycles. The molecule has 0 unspecified atom stereocenters. The van der Waals surface area contributed by atoms with Gasteiger partial charge in [-0.15, -0.1) is 0 Å². The minimum absolute atomic E-state index is 0.210. The quantitative estimate of drug-likeness (QED) is 0.720. The molecule has 7 nitrogen and oxygen atoms in total. The second kappa shape index (κ2) is 3.84. The van der Waals surface area contributed by atoms with Crippen molar-refractivity contribution < 1.29 is 14.4 Å². The van der Waals surface area contributed by atoms with Crippen LogP contribution < -0.4 is 5.69 Å². The lowest BCUT2D eigenvalue weighted by molar-refractivity contribution is 0.0652. The van der Waals surface area contributed by atoms with Gasteiger partial charge < -0.3 is 14.6 Å². The Labute approximate surface area is 106 Å². The fourth-order valence-electron chi connectivity index (χ4n) is 1.91. The lowest BCUT2D eigenvalue weighted by Gasteiger charge is -1.96. The number of aromatic carboxylic acids is 1. The van der Waals surface area contributed by atoms with Crippen LogP contribution in [-0.4, -0.2) is 25.8 Å². The molecule has 0 radical (unpaired) electrons. The van der Waals surface area contributed by atoms with Crippen LogP contribution in [0.1, 0.15) is 10.6 Å². The molecule has 19 heavy (non-hydrogen) atoms. The van der Waals surface area contributed by atoms with Crippen molar-refractivity contribution in [2.45, 2.75) is 0 Å². The predicted molar refractivity (Wildman–Crippen MR) is 66.0 cm³/mol. The Morgan fingerprint density at radius 1 is 1.42 bits per heavy atom. The summed E-state index contributed by atoms with van der Waals surface area (Å²) >= 11 is 0. The van der Waals surface area contributed by atoms with Crippen molar-refractivity contribution in [3.05, 3.63) is 40.5 Å². The third-order valence-corrected chi connectivity index (χ3v) is 2.92. The summed E-state index contributed by atoms with van der Waals surface area (Å²) in [6.45, 7) is 0. The number of carboxylic acid groups (broad SMARTS) is 1. The summed E-state index contributed by atoms with van der Waals surface area (Å²) in [4.78, 5) is 24.9. The van der Waals surface area contributed by atoms with E-state index in [1.54, 1.807) is 25.2 Å². The van der Waals surface area contributed by atoms with Gasteiger partial charge in [0.15, 0.2) is 0 Å². The van der Waals surface area contributed by atoms with Crippen LogP contribution in [0.3, 0.4) is 0 Å². The van der Waals surface area contributed by atoms with E-state index in [9.17, 15) is 9.59 Å². The summed E-state index contributed by atoms with van der Waals surface area (Å²) in [5.74, 6) is -1.40. The van der Waals surface area contributed by atoms with Crippen LogP contribution in [0.25, 0.3) is 22.3 Å². The van der Waals surface area contributed by atoms with E-state index in [2.05, 4.69) is 10.1 Å². The number of nitrogens with zero attached hydrogens (tertiary/aromatic N) is 2. The largest absolute Gasteiger partial charge is 0.475 e. The van der Waals surface area contributed by atoms with Crippen molar-refractivity contribution in [3.63, 3.8) is 0 Å². The molecule has 3 rings (SSSR count). The van der Waals surface area contributed by atoms with E-state index in [-0.39, 0.29) is 11.4 Å². The average molecular weight is 259 g/mol. The molecular weight excluding hydrogens is 250 g/mol. The summed E-state index contributed by atoms with van der Waals surface area (Å²) < 4.78 is 6.19. The predicted octanol–water partition coefficient (Wildman–Crippen LogP) is 1.22. The smallest absolute Gasteiger partial charge is 0.374 e. The number of H-pyrrole nitrogens is 1. The first-order valence-electron chi connectivity index (χ1n) is 5.45. The molecule has 0 bridgehead atoms. The molecular formula is C12H9N3O4. The Balaban J connectivity index is 2.14. The second-order valence-corrected chi connectivity index (χ2v) is 4.10. The Bertz CT molecular complexity index is 840. The highest BCUT2D eigenvalue weighted by Crippen LogP contribution is 2.22. The van der Waals surface area contributed by atoms with Crippen molar-refractivity contribution >= 4 is 17.0 Å². The number of fused-ring (bicyclic) bond motifs is 1. The molecule has 0 saturated heterocycles. The normalized spacial score (nSPS) is 11.0. The number of imidazole rings is 1. The second-order valence-electron chi connectivity index (χ2n) is 4.10. The maximum absolute atomic E-state index is 11.5. The standard InChI is InChI=1S/C12H9N3O4/c1-15-9-3-2-6(4-8(9)13-12(15)18)7-5-10(11(16)17)19-14-7/h2-5H,1H3,(H,13,18)(H,16,17). The van der Waals surface area contributed by atoms with Crippen molar-refractivity contribution in [1.29, 1.82) is 0 Å². The molecule has 2 aromatic heterocycles. The van der Waals surface area contributed by atoms with Gasteiger partial charge in [0.2, 0.25) is 5.76 Å². The summed E-state index contributed by atoms with van der Waals surface area (Å²) in [6.07, 6.45) is 0. The fraction of sp³-hybridized carbons (Fsp3) is 0.0833. The number of nitrogens with one attached hydrogen (secondary N) is 1. The van der Waals surface area contributed by atoms with Gasteiger partial charge in [-0.3, -0.25) is 4.57 Å². The lowest BCUT2D eigenvalue weighted by Crippen LogP contribution is -2.11. The molecule has 0 amide bonds. The van der Waals surface area contributed by atoms with Crippen LogP contribution in [0, 0.1) is 0 Å². The SMILES string of the molecule is Cn1c(=O)[nH]c2cc(-c3cc(C(=O)O)on3)ccc21. The zero-order valence-electron chi connectivity index (χ0n) is 9.88. The molecule has 0 aliphatic carbocycles. The van der Waals surface area contributed by atoms with Crippen molar-refractivity contribution in [3.8, 4) is 11.3 Å². The molecule has 0 spiro atoms. The fourth-order valence-corrected chi connectivity index (χ4v) is 1.91. The highest BCUT2D eigenvalue weighted by Gasteiger charge is 2.13. The first-order chi connectivity index (χ1) is 9.06. The molecule has 3 aromatic rings. The molecule has 2 N–H and O–H groups in total. The Morgan fingerprint density at radius 2 is 2.21 bits per heavy atom. The number of carboxylic acids is 1. The van der Waals surface area contributed by atoms with E-state index in [1.807, 2.05) is 0 Å². The van der Waals surface area contributed by atoms with Crippen LogP contribution in [-0.2, 0) is 7.05 Å². The van der Waals surface area contributed by atoms with E-state index in [4.69, 9.17) is 9.63 Å². The molecule has 7 heteroatoms. The third kappa shape index (κ3) is 1.71. The maximum atomic E-state index is 11.5. The van der Waals surface area contributed by atoms with Crippen molar-refractivity contribution in [2.24, 2.45) is 7.05 Å². The van der Waals surface area contributed by atoms with Crippen LogP contribution >= 0.6 is 0 Å². The molecule has 0 aliphatic heterocycles. The Kier molecular flexibility index (Phi) is 2.28. The van der Waals surface area contributed by atoms with E-state index in [0.717, 1.165) is 5.52 Å². The molecule has 96 valence electrons. The van der Waals surface area contributed by atoms with Gasteiger partial charge in [-0.05, 0) is 12.1 Å². The van der Waals surface area contributed by atoms with Gasteiger partial charge in [-0.25, -0.2) is 9.59 Å². The number of aromatic nitrogens is 3. The topological polar surface area (TPSA) is 101 Å². The number of benzene rings is 1. The molecule has 0 saturated carbocycles. The van der Waals surface area contributed by atoms with Gasteiger partial charge in [-0.1, -0.05) is 11.2 Å². The summed E-state index contributed by atoms with van der Waals surface area (Å²) in [7, 11) is 1.67. The highest BCUT2D eigenvalue weighted by molar-refractivity contribution is 5.87. The van der Waals surface area contributed by atoms with E-state index >= 15 is 0 Å². The Hall–Kier alpha value is -2.83. The van der Waals surface area contributed by atoms with Gasteiger partial charge in [0.25, 0.3) is 0 Å². The van der Waals surface area contributed by atoms with Gasteiger partial charge in [0.1, 0.15) is 5.69 Å². The van der Waals surface area contributed by atoms with Gasteiger partial charge in [-0.2, -0.15) is 0 Å². The van der Waals surface area contributed by atoms with Crippen LogP contribution in [0.2, 0.25) is 0 Å². The van der Waals surface area contributed by atoms with Crippen LogP contribution in [0.4, 0.5) is 0 Å². The van der Waals surface area contributed by atoms with Gasteiger partial charge >= 0.3 is 11.7 Å². The molecule has 0 fully saturated rings. The summed E-state index contributed by atoms with van der Waals surface area (Å²) in [5, 5.41) is 12.5. The van der Waals surface area contributed by atoms with Crippen LogP contribution in [0.5, 0.6) is 0 Å². The first-order valence-corrected chi connectivity index (χ1v) is 5.45. The molecule has 0 aliphatic rings. The number of aryl methyl sites for hydroxylation is 1. The van der Waals surface area contributed by atoms with E-state index in [1.165, 1.54) is 10.6 Å².